The molecular weight excluding hydrogens is 303 g/mol. The summed E-state index contributed by atoms with van der Waals surface area (Å²) >= 11 is 1.37. The lowest BCUT2D eigenvalue weighted by Gasteiger charge is -2.33. The Bertz CT molecular complexity index is 551. The van der Waals surface area contributed by atoms with E-state index >= 15 is 0 Å². The van der Waals surface area contributed by atoms with Crippen LogP contribution in [0.4, 0.5) is 4.39 Å². The van der Waals surface area contributed by atoms with Crippen LogP contribution in [-0.4, -0.2) is 55.4 Å². The molecule has 1 saturated heterocycles. The van der Waals surface area contributed by atoms with E-state index in [9.17, 15) is 9.18 Å². The number of nitrogens with zero attached hydrogens (tertiary/aromatic N) is 1. The maximum Gasteiger partial charge on any atom is 0.255 e. The van der Waals surface area contributed by atoms with Crippen molar-refractivity contribution in [1.82, 2.24) is 10.2 Å². The van der Waals surface area contributed by atoms with E-state index in [2.05, 4.69) is 10.2 Å². The molecule has 1 amide bonds. The predicted octanol–water partition coefficient (Wildman–Crippen LogP) is 2.14. The Hall–Kier alpha value is -1.11. The molecule has 1 aromatic rings. The third-order valence-electron chi connectivity index (χ3n) is 4.15. The fourth-order valence-corrected chi connectivity index (χ4v) is 3.44. The molecule has 1 aliphatic heterocycles. The Morgan fingerprint density at radius 2 is 2.32 bits per heavy atom. The van der Waals surface area contributed by atoms with Gasteiger partial charge in [0.15, 0.2) is 0 Å². The maximum absolute atomic E-state index is 13.9. The Balaban J connectivity index is 1.58. The van der Waals surface area contributed by atoms with Crippen LogP contribution in [0.1, 0.15) is 23.2 Å². The number of ether oxygens (including phenoxy) is 1. The molecule has 0 bridgehead atoms. The molecule has 0 radical (unpaired) electrons. The molecule has 1 aliphatic carbocycles. The van der Waals surface area contributed by atoms with E-state index in [1.165, 1.54) is 30.7 Å². The lowest BCUT2D eigenvalue weighted by molar-refractivity contribution is -0.0293. The Labute approximate surface area is 134 Å². The number of rotatable bonds is 5. The summed E-state index contributed by atoms with van der Waals surface area (Å²) in [6.07, 6.45) is 4.36. The molecule has 3 rings (SSSR count). The number of hydrogen-bond acceptors (Lipinski definition) is 4. The summed E-state index contributed by atoms with van der Waals surface area (Å²) in [5, 5.41) is 2.82. The summed E-state index contributed by atoms with van der Waals surface area (Å²) in [4.78, 5) is 15.4. The fraction of sp³-hybridized carbons (Fsp3) is 0.562. The molecule has 6 heteroatoms. The van der Waals surface area contributed by atoms with E-state index in [-0.39, 0.29) is 17.6 Å². The van der Waals surface area contributed by atoms with E-state index in [0.29, 0.717) is 24.1 Å². The molecule has 4 nitrogen and oxygen atoms in total. The number of thioether (sulfide) groups is 1. The number of halogens is 1. The smallest absolute Gasteiger partial charge is 0.255 e. The highest BCUT2D eigenvalue weighted by Gasteiger charge is 2.33. The Kier molecular flexibility index (Phi) is 5.00. The third kappa shape index (κ3) is 3.62. The van der Waals surface area contributed by atoms with Crippen molar-refractivity contribution in [1.29, 1.82) is 0 Å². The number of nitrogens with one attached hydrogen (secondary N) is 1. The first-order chi connectivity index (χ1) is 10.7. The van der Waals surface area contributed by atoms with E-state index in [4.69, 9.17) is 4.74 Å². The molecule has 1 heterocycles. The van der Waals surface area contributed by atoms with Gasteiger partial charge >= 0.3 is 0 Å². The second-order valence-corrected chi connectivity index (χ2v) is 6.59. The molecule has 2 fully saturated rings. The van der Waals surface area contributed by atoms with Crippen molar-refractivity contribution in [2.24, 2.45) is 0 Å². The van der Waals surface area contributed by atoms with Crippen LogP contribution in [-0.2, 0) is 4.74 Å². The van der Waals surface area contributed by atoms with Crippen molar-refractivity contribution in [3.63, 3.8) is 0 Å². The Morgan fingerprint density at radius 1 is 1.50 bits per heavy atom. The molecule has 1 aromatic carbocycles. The Morgan fingerprint density at radius 3 is 3.05 bits per heavy atom. The van der Waals surface area contributed by atoms with Crippen LogP contribution in [0.25, 0.3) is 0 Å². The molecule has 1 atom stereocenters. The first kappa shape index (κ1) is 15.8. The van der Waals surface area contributed by atoms with Gasteiger partial charge in [0, 0.05) is 30.6 Å². The zero-order valence-electron chi connectivity index (χ0n) is 12.7. The lowest BCUT2D eigenvalue weighted by atomic mass is 10.2. The normalized spacial score (nSPS) is 22.5. The molecule has 1 N–H and O–H groups in total. The van der Waals surface area contributed by atoms with Gasteiger partial charge in [-0.05, 0) is 31.2 Å². The zero-order chi connectivity index (χ0) is 15.5. The molecule has 120 valence electrons. The van der Waals surface area contributed by atoms with Crippen molar-refractivity contribution >= 4 is 17.7 Å². The number of carbonyl (C=O) groups is 1. The van der Waals surface area contributed by atoms with Gasteiger partial charge in [-0.15, -0.1) is 11.8 Å². The number of morpholine rings is 1. The highest BCUT2D eigenvalue weighted by Crippen LogP contribution is 2.28. The van der Waals surface area contributed by atoms with E-state index in [0.717, 1.165) is 13.1 Å². The SMILES string of the molecule is CSc1cccc(F)c1C(=O)NC[C@@H]1CN(C2CC2)CCO1. The summed E-state index contributed by atoms with van der Waals surface area (Å²) in [5.41, 5.74) is 0.129. The van der Waals surface area contributed by atoms with Gasteiger partial charge in [0.1, 0.15) is 5.82 Å². The molecule has 1 saturated carbocycles. The van der Waals surface area contributed by atoms with Crippen LogP contribution in [0.15, 0.2) is 23.1 Å². The molecule has 0 aromatic heterocycles. The highest BCUT2D eigenvalue weighted by molar-refractivity contribution is 7.98. The van der Waals surface area contributed by atoms with E-state index < -0.39 is 5.82 Å². The number of benzene rings is 1. The minimum absolute atomic E-state index is 0.0113. The lowest BCUT2D eigenvalue weighted by Crippen LogP contribution is -2.48. The van der Waals surface area contributed by atoms with Gasteiger partial charge in [-0.3, -0.25) is 9.69 Å². The average Bonchev–Trinajstić information content (AvgIpc) is 3.37. The van der Waals surface area contributed by atoms with Crippen molar-refractivity contribution in [2.45, 2.75) is 29.9 Å². The minimum atomic E-state index is -0.478. The summed E-state index contributed by atoms with van der Waals surface area (Å²) in [5.74, 6) is -0.844. The first-order valence-electron chi connectivity index (χ1n) is 7.65. The summed E-state index contributed by atoms with van der Waals surface area (Å²) < 4.78 is 19.6. The van der Waals surface area contributed by atoms with Crippen molar-refractivity contribution in [3.05, 3.63) is 29.6 Å². The van der Waals surface area contributed by atoms with Gasteiger partial charge in [0.05, 0.1) is 18.3 Å². The number of carbonyl (C=O) groups excluding carboxylic acids is 1. The van der Waals surface area contributed by atoms with Gasteiger partial charge in [-0.25, -0.2) is 4.39 Å². The maximum atomic E-state index is 13.9. The van der Waals surface area contributed by atoms with Gasteiger partial charge in [0.2, 0.25) is 0 Å². The first-order valence-corrected chi connectivity index (χ1v) is 8.88. The second kappa shape index (κ2) is 6.98. The molecule has 22 heavy (non-hydrogen) atoms. The van der Waals surface area contributed by atoms with Crippen molar-refractivity contribution in [3.8, 4) is 0 Å². The standard InChI is InChI=1S/C16H21FN2O2S/c1-22-14-4-2-3-13(17)15(14)16(20)18-9-12-10-19(7-8-21-12)11-5-6-11/h2-4,11-12H,5-10H2,1H3,(H,18,20)/t12-/m1/s1. The van der Waals surface area contributed by atoms with Crippen LogP contribution in [0.2, 0.25) is 0 Å². The molecule has 0 spiro atoms. The van der Waals surface area contributed by atoms with Crippen LogP contribution in [0.3, 0.4) is 0 Å². The van der Waals surface area contributed by atoms with E-state index in [1.54, 1.807) is 12.1 Å². The largest absolute Gasteiger partial charge is 0.374 e. The number of amides is 1. The summed E-state index contributed by atoms with van der Waals surface area (Å²) in [6.45, 7) is 2.94. The van der Waals surface area contributed by atoms with Gasteiger partial charge in [-0.1, -0.05) is 6.07 Å². The van der Waals surface area contributed by atoms with E-state index in [1.807, 2.05) is 6.26 Å². The average molecular weight is 324 g/mol. The van der Waals surface area contributed by atoms with Gasteiger partial charge in [0.25, 0.3) is 5.91 Å². The molecule has 2 aliphatic rings. The van der Waals surface area contributed by atoms with Crippen LogP contribution in [0, 0.1) is 5.82 Å². The predicted molar refractivity (Wildman–Crippen MR) is 84.8 cm³/mol. The second-order valence-electron chi connectivity index (χ2n) is 5.75. The number of hydrogen-bond donors (Lipinski definition) is 1. The van der Waals surface area contributed by atoms with Crippen LogP contribution in [0.5, 0.6) is 0 Å². The fourth-order valence-electron chi connectivity index (χ4n) is 2.83. The van der Waals surface area contributed by atoms with Crippen LogP contribution < -0.4 is 5.32 Å². The van der Waals surface area contributed by atoms with Crippen molar-refractivity contribution < 1.29 is 13.9 Å². The van der Waals surface area contributed by atoms with Crippen LogP contribution >= 0.6 is 11.8 Å². The van der Waals surface area contributed by atoms with Gasteiger partial charge < -0.3 is 10.1 Å². The highest BCUT2D eigenvalue weighted by atomic mass is 32.2. The van der Waals surface area contributed by atoms with Crippen molar-refractivity contribution in [2.75, 3.05) is 32.5 Å². The van der Waals surface area contributed by atoms with Gasteiger partial charge in [-0.2, -0.15) is 0 Å². The monoisotopic (exact) mass is 324 g/mol. The third-order valence-corrected chi connectivity index (χ3v) is 4.93. The zero-order valence-corrected chi connectivity index (χ0v) is 13.5. The molecule has 0 unspecified atom stereocenters. The summed E-state index contributed by atoms with van der Waals surface area (Å²) in [6, 6.07) is 5.40. The molecular formula is C16H21FN2O2S. The quantitative estimate of drug-likeness (QED) is 0.843. The summed E-state index contributed by atoms with van der Waals surface area (Å²) in [7, 11) is 0. The minimum Gasteiger partial charge on any atom is -0.374 e. The topological polar surface area (TPSA) is 41.6 Å².